The van der Waals surface area contributed by atoms with E-state index in [2.05, 4.69) is 4.90 Å². The maximum atomic E-state index is 9.07. The van der Waals surface area contributed by atoms with E-state index >= 15 is 0 Å². The maximum absolute atomic E-state index is 9.07. The Morgan fingerprint density at radius 1 is 1.46 bits per heavy atom. The third-order valence-electron chi connectivity index (χ3n) is 2.75. The summed E-state index contributed by atoms with van der Waals surface area (Å²) in [7, 11) is 1.74. The Kier molecular flexibility index (Phi) is 5.35. The number of rotatable bonds is 6. The lowest BCUT2D eigenvalue weighted by molar-refractivity contribution is 0.148. The fourth-order valence-electron chi connectivity index (χ4n) is 1.96. The molecule has 0 aliphatic carbocycles. The topological polar surface area (TPSA) is 32.7 Å². The van der Waals surface area contributed by atoms with E-state index in [0.29, 0.717) is 12.6 Å². The van der Waals surface area contributed by atoms with Gasteiger partial charge in [0.1, 0.15) is 0 Å². The minimum absolute atomic E-state index is 0.324. The summed E-state index contributed by atoms with van der Waals surface area (Å²) in [6, 6.07) is 0.433. The molecule has 1 aliphatic rings. The van der Waals surface area contributed by atoms with Gasteiger partial charge < -0.3 is 9.84 Å². The van der Waals surface area contributed by atoms with Crippen LogP contribution in [0.2, 0.25) is 0 Å². The molecule has 0 spiro atoms. The lowest BCUT2D eigenvalue weighted by atomic mass is 10.2. The molecule has 0 aromatic heterocycles. The lowest BCUT2D eigenvalue weighted by Gasteiger charge is -2.22. The van der Waals surface area contributed by atoms with Crippen molar-refractivity contribution in [3.63, 3.8) is 0 Å². The summed E-state index contributed by atoms with van der Waals surface area (Å²) in [4.78, 5) is 2.40. The first-order valence-corrected chi connectivity index (χ1v) is 5.22. The molecule has 13 heavy (non-hydrogen) atoms. The number of ether oxygens (including phenoxy) is 1. The van der Waals surface area contributed by atoms with Gasteiger partial charge in [0.2, 0.25) is 0 Å². The summed E-state index contributed by atoms with van der Waals surface area (Å²) >= 11 is 0. The van der Waals surface area contributed by atoms with Crippen LogP contribution in [0.25, 0.3) is 0 Å². The Balaban J connectivity index is 2.06. The largest absolute Gasteiger partial charge is 0.395 e. The highest BCUT2D eigenvalue weighted by molar-refractivity contribution is 4.77. The molecule has 1 N–H and O–H groups in total. The zero-order valence-corrected chi connectivity index (χ0v) is 8.54. The van der Waals surface area contributed by atoms with Crippen molar-refractivity contribution in [2.45, 2.75) is 31.7 Å². The molecule has 0 saturated carbocycles. The summed E-state index contributed by atoms with van der Waals surface area (Å²) in [5.41, 5.74) is 0. The molecule has 0 amide bonds. The molecule has 1 fully saturated rings. The number of nitrogens with zero attached hydrogens (tertiary/aromatic N) is 1. The number of hydrogen-bond donors (Lipinski definition) is 1. The SMILES string of the molecule is COCCCCN1CCCC1CO. The third-order valence-corrected chi connectivity index (χ3v) is 2.75. The van der Waals surface area contributed by atoms with Gasteiger partial charge in [-0.05, 0) is 38.8 Å². The molecule has 78 valence electrons. The Bertz CT molecular complexity index is 130. The molecule has 1 aliphatic heterocycles. The van der Waals surface area contributed by atoms with Crippen molar-refractivity contribution in [3.05, 3.63) is 0 Å². The van der Waals surface area contributed by atoms with E-state index in [9.17, 15) is 0 Å². The molecule has 1 saturated heterocycles. The number of hydrogen-bond acceptors (Lipinski definition) is 3. The van der Waals surface area contributed by atoms with E-state index in [1.165, 1.54) is 19.3 Å². The van der Waals surface area contributed by atoms with Crippen molar-refractivity contribution < 1.29 is 9.84 Å². The average Bonchev–Trinajstić information content (AvgIpc) is 2.60. The number of likely N-dealkylation sites (tertiary alicyclic amines) is 1. The maximum Gasteiger partial charge on any atom is 0.0586 e. The highest BCUT2D eigenvalue weighted by atomic mass is 16.5. The normalized spacial score (nSPS) is 24.0. The lowest BCUT2D eigenvalue weighted by Crippen LogP contribution is -2.33. The summed E-state index contributed by atoms with van der Waals surface area (Å²) < 4.78 is 4.99. The molecule has 3 nitrogen and oxygen atoms in total. The molecular weight excluding hydrogens is 166 g/mol. The molecule has 0 bridgehead atoms. The van der Waals surface area contributed by atoms with Gasteiger partial charge in [0, 0.05) is 19.8 Å². The summed E-state index contributed by atoms with van der Waals surface area (Å²) in [6.45, 7) is 3.47. The van der Waals surface area contributed by atoms with Crippen LogP contribution in [-0.4, -0.2) is 49.5 Å². The molecule has 3 heteroatoms. The Hall–Kier alpha value is -0.120. The molecule has 0 aromatic rings. The van der Waals surface area contributed by atoms with Crippen LogP contribution in [0.15, 0.2) is 0 Å². The average molecular weight is 187 g/mol. The monoisotopic (exact) mass is 187 g/mol. The number of aliphatic hydroxyl groups is 1. The quantitative estimate of drug-likeness (QED) is 0.626. The van der Waals surface area contributed by atoms with E-state index in [1.807, 2.05) is 0 Å². The van der Waals surface area contributed by atoms with Gasteiger partial charge in [-0.25, -0.2) is 0 Å². The first-order valence-electron chi connectivity index (χ1n) is 5.22. The van der Waals surface area contributed by atoms with Crippen LogP contribution in [0.1, 0.15) is 25.7 Å². The van der Waals surface area contributed by atoms with Gasteiger partial charge in [-0.3, -0.25) is 4.90 Å². The summed E-state index contributed by atoms with van der Waals surface area (Å²) in [6.07, 6.45) is 4.73. The van der Waals surface area contributed by atoms with Crippen LogP contribution < -0.4 is 0 Å². The van der Waals surface area contributed by atoms with Gasteiger partial charge in [-0.15, -0.1) is 0 Å². The molecule has 1 unspecified atom stereocenters. The van der Waals surface area contributed by atoms with Gasteiger partial charge in [0.25, 0.3) is 0 Å². The summed E-state index contributed by atoms with van der Waals surface area (Å²) in [5.74, 6) is 0. The van der Waals surface area contributed by atoms with E-state index in [1.54, 1.807) is 7.11 Å². The van der Waals surface area contributed by atoms with Gasteiger partial charge in [-0.2, -0.15) is 0 Å². The Labute approximate surface area is 80.7 Å². The summed E-state index contributed by atoms with van der Waals surface area (Å²) in [5, 5.41) is 9.07. The molecule has 1 rings (SSSR count). The fraction of sp³-hybridized carbons (Fsp3) is 1.00. The van der Waals surface area contributed by atoms with E-state index < -0.39 is 0 Å². The van der Waals surface area contributed by atoms with Crippen molar-refractivity contribution in [1.82, 2.24) is 4.90 Å². The van der Waals surface area contributed by atoms with Crippen LogP contribution >= 0.6 is 0 Å². The second kappa shape index (κ2) is 6.35. The predicted molar refractivity (Wildman–Crippen MR) is 52.8 cm³/mol. The van der Waals surface area contributed by atoms with Crippen LogP contribution in [-0.2, 0) is 4.74 Å². The highest BCUT2D eigenvalue weighted by Gasteiger charge is 2.22. The first-order chi connectivity index (χ1) is 6.38. The highest BCUT2D eigenvalue weighted by Crippen LogP contribution is 2.16. The van der Waals surface area contributed by atoms with E-state index in [4.69, 9.17) is 9.84 Å². The second-order valence-corrected chi connectivity index (χ2v) is 3.71. The van der Waals surface area contributed by atoms with Crippen molar-refractivity contribution >= 4 is 0 Å². The van der Waals surface area contributed by atoms with Crippen molar-refractivity contribution in [2.24, 2.45) is 0 Å². The van der Waals surface area contributed by atoms with Crippen LogP contribution in [0.3, 0.4) is 0 Å². The Morgan fingerprint density at radius 2 is 2.31 bits per heavy atom. The molecule has 1 heterocycles. The standard InChI is InChI=1S/C10H21NO2/c1-13-8-3-2-6-11-7-4-5-10(11)9-12/h10,12H,2-9H2,1H3. The van der Waals surface area contributed by atoms with Gasteiger partial charge in [0.05, 0.1) is 6.61 Å². The van der Waals surface area contributed by atoms with E-state index in [-0.39, 0.29) is 0 Å². The van der Waals surface area contributed by atoms with Crippen molar-refractivity contribution in [2.75, 3.05) is 33.4 Å². The van der Waals surface area contributed by atoms with Crippen LogP contribution in [0, 0.1) is 0 Å². The number of aliphatic hydroxyl groups excluding tert-OH is 1. The minimum Gasteiger partial charge on any atom is -0.395 e. The van der Waals surface area contributed by atoms with Crippen LogP contribution in [0.5, 0.6) is 0 Å². The molecule has 0 radical (unpaired) electrons. The van der Waals surface area contributed by atoms with Gasteiger partial charge in [-0.1, -0.05) is 0 Å². The molecule has 1 atom stereocenters. The smallest absolute Gasteiger partial charge is 0.0586 e. The molecule has 0 aromatic carbocycles. The molecular formula is C10H21NO2. The number of methoxy groups -OCH3 is 1. The zero-order valence-electron chi connectivity index (χ0n) is 8.54. The fourth-order valence-corrected chi connectivity index (χ4v) is 1.96. The van der Waals surface area contributed by atoms with Gasteiger partial charge in [0.15, 0.2) is 0 Å². The zero-order chi connectivity index (χ0) is 9.52. The minimum atomic E-state index is 0.324. The number of unbranched alkanes of at least 4 members (excludes halogenated alkanes) is 1. The Morgan fingerprint density at radius 3 is 3.00 bits per heavy atom. The second-order valence-electron chi connectivity index (χ2n) is 3.71. The predicted octanol–water partition coefficient (Wildman–Crippen LogP) is 0.870. The first kappa shape index (κ1) is 11.0. The van der Waals surface area contributed by atoms with E-state index in [0.717, 1.165) is 26.1 Å². The third kappa shape index (κ3) is 3.63. The van der Waals surface area contributed by atoms with Crippen LogP contribution in [0.4, 0.5) is 0 Å². The van der Waals surface area contributed by atoms with Gasteiger partial charge >= 0.3 is 0 Å². The van der Waals surface area contributed by atoms with Crippen molar-refractivity contribution in [1.29, 1.82) is 0 Å². The van der Waals surface area contributed by atoms with Crippen molar-refractivity contribution in [3.8, 4) is 0 Å².